The first-order chi connectivity index (χ1) is 13.3. The number of nitrogens with zero attached hydrogens (tertiary/aromatic N) is 4. The largest absolute Gasteiger partial charge is 0.451 e. The number of hydrogen-bond donors (Lipinski definition) is 2. The summed E-state index contributed by atoms with van der Waals surface area (Å²) in [5.74, 6) is 0.504. The number of carbonyl (C=O) groups excluding carboxylic acids is 1. The van der Waals surface area contributed by atoms with Crippen LogP contribution in [0.5, 0.6) is 0 Å². The molecular formula is C17H16Cl2N6O2S. The fourth-order valence-corrected chi connectivity index (χ4v) is 2.87. The van der Waals surface area contributed by atoms with E-state index in [-0.39, 0.29) is 16.8 Å². The Kier molecular flexibility index (Phi) is 6.28. The maximum absolute atomic E-state index is 12.3. The van der Waals surface area contributed by atoms with E-state index in [0.29, 0.717) is 33.8 Å². The van der Waals surface area contributed by atoms with E-state index < -0.39 is 5.91 Å². The van der Waals surface area contributed by atoms with Crippen LogP contribution in [0.4, 0.5) is 5.95 Å². The average Bonchev–Trinajstić information content (AvgIpc) is 3.26. The molecule has 0 aliphatic carbocycles. The van der Waals surface area contributed by atoms with Crippen molar-refractivity contribution in [2.75, 3.05) is 5.32 Å². The standard InChI is InChI=1S/C17H16Cl2N6O2S/c1-9(2)8-25-23-16(22-24-25)21-17(28)20-15(26)13-7-6-12(27-13)10-4-3-5-11(18)14(10)19/h3-7,9H,8H2,1-2H3,(H2,20,21,23,26,28). The molecular weight excluding hydrogens is 423 g/mol. The Morgan fingerprint density at radius 1 is 1.29 bits per heavy atom. The van der Waals surface area contributed by atoms with E-state index in [2.05, 4.69) is 26.0 Å². The lowest BCUT2D eigenvalue weighted by Gasteiger charge is -2.05. The van der Waals surface area contributed by atoms with Gasteiger partial charge in [0, 0.05) is 5.56 Å². The number of halogens is 2. The zero-order valence-corrected chi connectivity index (χ0v) is 17.3. The first-order valence-electron chi connectivity index (χ1n) is 8.28. The van der Waals surface area contributed by atoms with E-state index >= 15 is 0 Å². The molecule has 2 heterocycles. The van der Waals surface area contributed by atoms with E-state index in [9.17, 15) is 4.79 Å². The molecule has 3 aromatic rings. The highest BCUT2D eigenvalue weighted by Gasteiger charge is 2.16. The molecule has 146 valence electrons. The van der Waals surface area contributed by atoms with Crippen LogP contribution in [0.25, 0.3) is 11.3 Å². The first-order valence-corrected chi connectivity index (χ1v) is 9.44. The van der Waals surface area contributed by atoms with Crippen LogP contribution >= 0.6 is 35.4 Å². The Morgan fingerprint density at radius 3 is 2.82 bits per heavy atom. The number of aromatic nitrogens is 4. The number of benzene rings is 1. The topological polar surface area (TPSA) is 97.9 Å². The lowest BCUT2D eigenvalue weighted by atomic mass is 10.2. The van der Waals surface area contributed by atoms with Gasteiger partial charge in [0.05, 0.1) is 16.6 Å². The summed E-state index contributed by atoms with van der Waals surface area (Å²) in [6.45, 7) is 4.69. The molecule has 0 radical (unpaired) electrons. The Labute approximate surface area is 176 Å². The fraction of sp³-hybridized carbons (Fsp3) is 0.235. The third-order valence-corrected chi connectivity index (χ3v) is 4.50. The summed E-state index contributed by atoms with van der Waals surface area (Å²) in [7, 11) is 0. The van der Waals surface area contributed by atoms with Gasteiger partial charge in [0.1, 0.15) is 5.76 Å². The van der Waals surface area contributed by atoms with E-state index in [0.717, 1.165) is 0 Å². The zero-order chi connectivity index (χ0) is 20.3. The van der Waals surface area contributed by atoms with Gasteiger partial charge in [0.15, 0.2) is 10.9 Å². The second kappa shape index (κ2) is 8.68. The van der Waals surface area contributed by atoms with Crippen molar-refractivity contribution in [3.8, 4) is 11.3 Å². The summed E-state index contributed by atoms with van der Waals surface area (Å²) in [6.07, 6.45) is 0. The quantitative estimate of drug-likeness (QED) is 0.580. The number of tetrazole rings is 1. The van der Waals surface area contributed by atoms with Crippen molar-refractivity contribution in [3.63, 3.8) is 0 Å². The van der Waals surface area contributed by atoms with Crippen molar-refractivity contribution in [1.29, 1.82) is 0 Å². The maximum atomic E-state index is 12.3. The third-order valence-electron chi connectivity index (χ3n) is 3.48. The first kappa shape index (κ1) is 20.2. The molecule has 2 N–H and O–H groups in total. The molecule has 0 aliphatic heterocycles. The van der Waals surface area contributed by atoms with Crippen LogP contribution in [-0.4, -0.2) is 31.2 Å². The van der Waals surface area contributed by atoms with E-state index in [4.69, 9.17) is 39.8 Å². The molecule has 0 unspecified atom stereocenters. The normalized spacial score (nSPS) is 10.9. The van der Waals surface area contributed by atoms with Crippen LogP contribution in [0.3, 0.4) is 0 Å². The number of furan rings is 1. The summed E-state index contributed by atoms with van der Waals surface area (Å²) in [5, 5.41) is 17.8. The Bertz CT molecular complexity index is 1020. The van der Waals surface area contributed by atoms with Crippen LogP contribution < -0.4 is 10.6 Å². The number of thiocarbonyl (C=S) groups is 1. The molecule has 1 amide bonds. The maximum Gasteiger partial charge on any atom is 0.293 e. The Morgan fingerprint density at radius 2 is 2.07 bits per heavy atom. The van der Waals surface area contributed by atoms with Gasteiger partial charge in [-0.2, -0.15) is 4.80 Å². The van der Waals surface area contributed by atoms with Crippen molar-refractivity contribution in [1.82, 2.24) is 25.5 Å². The molecule has 3 rings (SSSR count). The molecule has 0 atom stereocenters. The van der Waals surface area contributed by atoms with Gasteiger partial charge in [-0.15, -0.1) is 5.10 Å². The van der Waals surface area contributed by atoms with Crippen LogP contribution in [0.2, 0.25) is 10.0 Å². The molecule has 0 spiro atoms. The van der Waals surface area contributed by atoms with E-state index in [1.165, 1.54) is 10.9 Å². The second-order valence-corrected chi connectivity index (χ2v) is 7.43. The molecule has 0 saturated carbocycles. The van der Waals surface area contributed by atoms with Gasteiger partial charge in [0.2, 0.25) is 0 Å². The molecule has 8 nitrogen and oxygen atoms in total. The predicted octanol–water partition coefficient (Wildman–Crippen LogP) is 4.02. The minimum Gasteiger partial charge on any atom is -0.451 e. The Hall–Kier alpha value is -2.49. The van der Waals surface area contributed by atoms with E-state index in [1.54, 1.807) is 24.3 Å². The number of amides is 1. The molecule has 0 aliphatic rings. The van der Waals surface area contributed by atoms with Gasteiger partial charge in [0.25, 0.3) is 11.9 Å². The van der Waals surface area contributed by atoms with Gasteiger partial charge in [-0.3, -0.25) is 15.4 Å². The van der Waals surface area contributed by atoms with Crippen LogP contribution in [0, 0.1) is 5.92 Å². The highest BCUT2D eigenvalue weighted by molar-refractivity contribution is 7.80. The molecule has 11 heteroatoms. The third kappa shape index (κ3) is 4.86. The minimum atomic E-state index is -0.531. The molecule has 0 fully saturated rings. The molecule has 2 aromatic heterocycles. The molecule has 28 heavy (non-hydrogen) atoms. The summed E-state index contributed by atoms with van der Waals surface area (Å²) in [5.41, 5.74) is 0.583. The fourth-order valence-electron chi connectivity index (χ4n) is 2.29. The average molecular weight is 439 g/mol. The summed E-state index contributed by atoms with van der Waals surface area (Å²) >= 11 is 17.3. The van der Waals surface area contributed by atoms with Crippen molar-refractivity contribution in [2.24, 2.45) is 5.92 Å². The molecule has 1 aromatic carbocycles. The van der Waals surface area contributed by atoms with Crippen LogP contribution in [0.1, 0.15) is 24.4 Å². The number of hydrogen-bond acceptors (Lipinski definition) is 6. The number of rotatable bonds is 5. The predicted molar refractivity (Wildman–Crippen MR) is 111 cm³/mol. The van der Waals surface area contributed by atoms with Crippen molar-refractivity contribution >= 4 is 52.4 Å². The highest BCUT2D eigenvalue weighted by atomic mass is 35.5. The van der Waals surface area contributed by atoms with Crippen molar-refractivity contribution in [3.05, 3.63) is 46.1 Å². The van der Waals surface area contributed by atoms with Crippen LogP contribution in [-0.2, 0) is 6.54 Å². The number of anilines is 1. The number of nitrogens with one attached hydrogen (secondary N) is 2. The van der Waals surface area contributed by atoms with E-state index in [1.807, 2.05) is 13.8 Å². The smallest absolute Gasteiger partial charge is 0.293 e. The van der Waals surface area contributed by atoms with Gasteiger partial charge >= 0.3 is 0 Å². The summed E-state index contributed by atoms with van der Waals surface area (Å²) < 4.78 is 5.58. The second-order valence-electron chi connectivity index (χ2n) is 6.24. The van der Waals surface area contributed by atoms with Crippen LogP contribution in [0.15, 0.2) is 34.7 Å². The van der Waals surface area contributed by atoms with Crippen molar-refractivity contribution < 1.29 is 9.21 Å². The lowest BCUT2D eigenvalue weighted by Crippen LogP contribution is -2.34. The summed E-state index contributed by atoms with van der Waals surface area (Å²) in [6, 6.07) is 8.29. The highest BCUT2D eigenvalue weighted by Crippen LogP contribution is 2.34. The molecule has 0 saturated heterocycles. The van der Waals surface area contributed by atoms with Crippen molar-refractivity contribution in [2.45, 2.75) is 20.4 Å². The minimum absolute atomic E-state index is 0.0211. The van der Waals surface area contributed by atoms with Gasteiger partial charge in [-0.05, 0) is 47.6 Å². The zero-order valence-electron chi connectivity index (χ0n) is 14.9. The lowest BCUT2D eigenvalue weighted by molar-refractivity contribution is 0.0951. The molecule has 0 bridgehead atoms. The van der Waals surface area contributed by atoms with Gasteiger partial charge in [-0.25, -0.2) is 0 Å². The van der Waals surface area contributed by atoms with Gasteiger partial charge < -0.3 is 4.42 Å². The monoisotopic (exact) mass is 438 g/mol. The summed E-state index contributed by atoms with van der Waals surface area (Å²) in [4.78, 5) is 13.8. The number of carbonyl (C=O) groups is 1. The SMILES string of the molecule is CC(C)Cn1nnc(NC(=S)NC(=O)c2ccc(-c3cccc(Cl)c3Cl)o2)n1. The Balaban J connectivity index is 1.63. The van der Waals surface area contributed by atoms with Gasteiger partial charge in [-0.1, -0.05) is 48.2 Å².